The molecule has 0 aromatic heterocycles. The smallest absolute Gasteiger partial charge is 0.313 e. The summed E-state index contributed by atoms with van der Waals surface area (Å²) in [5.41, 5.74) is 0.135. The van der Waals surface area contributed by atoms with Gasteiger partial charge >= 0.3 is 5.69 Å². The van der Waals surface area contributed by atoms with Crippen LogP contribution in [0.1, 0.15) is 18.4 Å². The van der Waals surface area contributed by atoms with Gasteiger partial charge in [0.2, 0.25) is 5.75 Å². The number of nitriles is 1. The Bertz CT molecular complexity index is 536. The number of benzene rings is 1. The molecule has 19 heavy (non-hydrogen) atoms. The van der Waals surface area contributed by atoms with E-state index in [0.29, 0.717) is 3.57 Å². The normalized spacial score (nSPS) is 15.8. The first-order valence-corrected chi connectivity index (χ1v) is 6.95. The van der Waals surface area contributed by atoms with Crippen LogP contribution >= 0.6 is 22.6 Å². The SMILES string of the molecule is N#Cc1cc(I)c(OC2CCNCC2)c([N+](=O)[O-])c1. The van der Waals surface area contributed by atoms with E-state index in [1.807, 2.05) is 28.7 Å². The average molecular weight is 373 g/mol. The van der Waals surface area contributed by atoms with E-state index < -0.39 is 4.92 Å². The monoisotopic (exact) mass is 373 g/mol. The maximum atomic E-state index is 11.1. The van der Waals surface area contributed by atoms with Crippen molar-refractivity contribution in [2.24, 2.45) is 0 Å². The fraction of sp³-hybridized carbons (Fsp3) is 0.417. The third-order valence-corrected chi connectivity index (χ3v) is 3.72. The molecule has 0 aliphatic carbocycles. The van der Waals surface area contributed by atoms with Gasteiger partial charge in [0, 0.05) is 6.07 Å². The second-order valence-corrected chi connectivity index (χ2v) is 5.40. The van der Waals surface area contributed by atoms with Crippen molar-refractivity contribution in [3.8, 4) is 11.8 Å². The number of nitrogens with one attached hydrogen (secondary N) is 1. The van der Waals surface area contributed by atoms with E-state index in [0.717, 1.165) is 25.9 Å². The second kappa shape index (κ2) is 6.16. The van der Waals surface area contributed by atoms with Crippen molar-refractivity contribution >= 4 is 28.3 Å². The number of rotatable bonds is 3. The summed E-state index contributed by atoms with van der Waals surface area (Å²) in [5.74, 6) is 0.275. The van der Waals surface area contributed by atoms with Crippen LogP contribution in [0.25, 0.3) is 0 Å². The Balaban J connectivity index is 2.32. The minimum atomic E-state index is -0.501. The van der Waals surface area contributed by atoms with E-state index in [1.165, 1.54) is 6.07 Å². The predicted molar refractivity (Wildman–Crippen MR) is 77.0 cm³/mol. The molecule has 0 radical (unpaired) electrons. The van der Waals surface area contributed by atoms with Crippen LogP contribution in [0.3, 0.4) is 0 Å². The third kappa shape index (κ3) is 3.33. The first-order chi connectivity index (χ1) is 9.11. The quantitative estimate of drug-likeness (QED) is 0.499. The number of nitro benzene ring substituents is 1. The first kappa shape index (κ1) is 14.0. The Morgan fingerprint density at radius 1 is 1.47 bits per heavy atom. The van der Waals surface area contributed by atoms with Crippen LogP contribution in [-0.2, 0) is 0 Å². The molecule has 1 fully saturated rings. The summed E-state index contributed by atoms with van der Waals surface area (Å²) in [6, 6.07) is 4.78. The van der Waals surface area contributed by atoms with Gasteiger partial charge in [-0.05, 0) is 54.6 Å². The maximum Gasteiger partial charge on any atom is 0.313 e. The molecule has 6 nitrogen and oxygen atoms in total. The van der Waals surface area contributed by atoms with Gasteiger partial charge in [-0.3, -0.25) is 10.1 Å². The molecule has 0 unspecified atom stereocenters. The maximum absolute atomic E-state index is 11.1. The lowest BCUT2D eigenvalue weighted by Crippen LogP contribution is -2.34. The Kier molecular flexibility index (Phi) is 4.55. The van der Waals surface area contributed by atoms with Gasteiger partial charge < -0.3 is 10.1 Å². The molecule has 7 heteroatoms. The number of piperidine rings is 1. The van der Waals surface area contributed by atoms with Crippen molar-refractivity contribution in [3.63, 3.8) is 0 Å². The van der Waals surface area contributed by atoms with E-state index in [9.17, 15) is 10.1 Å². The highest BCUT2D eigenvalue weighted by Gasteiger charge is 2.24. The van der Waals surface area contributed by atoms with Gasteiger partial charge in [-0.25, -0.2) is 0 Å². The number of hydrogen-bond acceptors (Lipinski definition) is 5. The Hall–Kier alpha value is -1.40. The van der Waals surface area contributed by atoms with Gasteiger partial charge in [0.25, 0.3) is 0 Å². The molecule has 100 valence electrons. The highest BCUT2D eigenvalue weighted by molar-refractivity contribution is 14.1. The summed E-state index contributed by atoms with van der Waals surface area (Å²) in [4.78, 5) is 10.6. The average Bonchev–Trinajstić information content (AvgIpc) is 2.41. The minimum absolute atomic E-state index is 0.0126. The molecule has 1 aliphatic rings. The standard InChI is InChI=1S/C12H12IN3O3/c13-10-5-8(7-14)6-11(16(17)18)12(10)19-9-1-3-15-4-2-9/h5-6,9,15H,1-4H2. The molecule has 0 amide bonds. The van der Waals surface area contributed by atoms with Crippen LogP contribution in [-0.4, -0.2) is 24.1 Å². The van der Waals surface area contributed by atoms with Crippen LogP contribution in [0.15, 0.2) is 12.1 Å². The highest BCUT2D eigenvalue weighted by Crippen LogP contribution is 2.35. The van der Waals surface area contributed by atoms with Crippen LogP contribution in [0.4, 0.5) is 5.69 Å². The molecular formula is C12H12IN3O3. The summed E-state index contributed by atoms with van der Waals surface area (Å²) < 4.78 is 6.38. The number of hydrogen-bond donors (Lipinski definition) is 1. The van der Waals surface area contributed by atoms with Crippen LogP contribution in [0.2, 0.25) is 0 Å². The zero-order chi connectivity index (χ0) is 13.8. The van der Waals surface area contributed by atoms with Gasteiger partial charge in [0.05, 0.1) is 20.1 Å². The molecule has 0 spiro atoms. The zero-order valence-corrected chi connectivity index (χ0v) is 12.2. The van der Waals surface area contributed by atoms with Crippen LogP contribution < -0.4 is 10.1 Å². The van der Waals surface area contributed by atoms with Gasteiger partial charge in [-0.2, -0.15) is 5.26 Å². The van der Waals surface area contributed by atoms with Crippen molar-refractivity contribution < 1.29 is 9.66 Å². The minimum Gasteiger partial charge on any atom is -0.483 e. The largest absolute Gasteiger partial charge is 0.483 e. The first-order valence-electron chi connectivity index (χ1n) is 5.87. The fourth-order valence-electron chi connectivity index (χ4n) is 1.98. The highest BCUT2D eigenvalue weighted by atomic mass is 127. The fourth-order valence-corrected chi connectivity index (χ4v) is 2.71. The van der Waals surface area contributed by atoms with Crippen LogP contribution in [0, 0.1) is 25.0 Å². The van der Waals surface area contributed by atoms with Crippen molar-refractivity contribution in [3.05, 3.63) is 31.4 Å². The molecule has 1 aromatic rings. The summed E-state index contributed by atoms with van der Waals surface area (Å²) in [6.07, 6.45) is 1.64. The molecule has 1 heterocycles. The molecular weight excluding hydrogens is 361 g/mol. The van der Waals surface area contributed by atoms with E-state index in [-0.39, 0.29) is 23.1 Å². The topological polar surface area (TPSA) is 88.2 Å². The Morgan fingerprint density at radius 2 is 2.16 bits per heavy atom. The van der Waals surface area contributed by atoms with Gasteiger partial charge in [0.15, 0.2) is 0 Å². The number of nitrogens with zero attached hydrogens (tertiary/aromatic N) is 2. The van der Waals surface area contributed by atoms with Gasteiger partial charge in [0.1, 0.15) is 6.10 Å². The molecule has 2 rings (SSSR count). The molecule has 1 aliphatic heterocycles. The second-order valence-electron chi connectivity index (χ2n) is 4.24. The molecule has 1 aromatic carbocycles. The number of ether oxygens (including phenoxy) is 1. The molecule has 1 saturated heterocycles. The Labute approximate surface area is 124 Å². The van der Waals surface area contributed by atoms with Crippen molar-refractivity contribution in [1.29, 1.82) is 5.26 Å². The number of nitro groups is 1. The van der Waals surface area contributed by atoms with E-state index >= 15 is 0 Å². The lowest BCUT2D eigenvalue weighted by Gasteiger charge is -2.24. The summed E-state index contributed by atoms with van der Waals surface area (Å²) in [7, 11) is 0. The molecule has 0 saturated carbocycles. The van der Waals surface area contributed by atoms with Crippen LogP contribution in [0.5, 0.6) is 5.75 Å². The van der Waals surface area contributed by atoms with Gasteiger partial charge in [-0.15, -0.1) is 0 Å². The lowest BCUT2D eigenvalue weighted by molar-refractivity contribution is -0.386. The van der Waals surface area contributed by atoms with Gasteiger partial charge in [-0.1, -0.05) is 0 Å². The van der Waals surface area contributed by atoms with Crippen molar-refractivity contribution in [1.82, 2.24) is 5.32 Å². The van der Waals surface area contributed by atoms with E-state index in [4.69, 9.17) is 10.00 Å². The molecule has 0 atom stereocenters. The number of halogens is 1. The molecule has 1 N–H and O–H groups in total. The van der Waals surface area contributed by atoms with Crippen molar-refractivity contribution in [2.45, 2.75) is 18.9 Å². The lowest BCUT2D eigenvalue weighted by atomic mass is 10.1. The molecule has 0 bridgehead atoms. The summed E-state index contributed by atoms with van der Waals surface area (Å²) >= 11 is 1.97. The van der Waals surface area contributed by atoms with Crippen molar-refractivity contribution in [2.75, 3.05) is 13.1 Å². The van der Waals surface area contributed by atoms with E-state index in [2.05, 4.69) is 5.32 Å². The summed E-state index contributed by atoms with van der Waals surface area (Å²) in [6.45, 7) is 1.71. The zero-order valence-electron chi connectivity index (χ0n) is 10.1. The summed E-state index contributed by atoms with van der Waals surface area (Å²) in [5, 5.41) is 23.2. The third-order valence-electron chi connectivity index (χ3n) is 2.92. The predicted octanol–water partition coefficient (Wildman–Crippen LogP) is 2.20. The van der Waals surface area contributed by atoms with E-state index in [1.54, 1.807) is 6.07 Å². The Morgan fingerprint density at radius 3 is 2.74 bits per heavy atom.